The summed E-state index contributed by atoms with van der Waals surface area (Å²) in [4.78, 5) is 42.3. The van der Waals surface area contributed by atoms with Gasteiger partial charge in [0, 0.05) is 36.8 Å². The van der Waals surface area contributed by atoms with E-state index >= 15 is 0 Å². The Hall–Kier alpha value is -1.92. The summed E-state index contributed by atoms with van der Waals surface area (Å²) < 4.78 is 0. The van der Waals surface area contributed by atoms with E-state index in [-0.39, 0.29) is 42.2 Å². The summed E-state index contributed by atoms with van der Waals surface area (Å²) in [6.45, 7) is 0. The number of nitrogens with one attached hydrogen (secondary N) is 1. The molecule has 3 fully saturated rings. The number of nitrogens with zero attached hydrogens (tertiary/aromatic N) is 2. The van der Waals surface area contributed by atoms with Gasteiger partial charge in [-0.25, -0.2) is 0 Å². The zero-order valence-electron chi connectivity index (χ0n) is 17.4. The lowest BCUT2D eigenvalue weighted by atomic mass is 9.94. The summed E-state index contributed by atoms with van der Waals surface area (Å²) in [7, 11) is 1.87. The van der Waals surface area contributed by atoms with Gasteiger partial charge in [0.1, 0.15) is 0 Å². The first-order valence-electron chi connectivity index (χ1n) is 11.1. The Morgan fingerprint density at radius 2 is 1.60 bits per heavy atom. The first-order chi connectivity index (χ1) is 14.0. The van der Waals surface area contributed by atoms with Gasteiger partial charge in [0.15, 0.2) is 0 Å². The van der Waals surface area contributed by atoms with E-state index in [9.17, 15) is 14.4 Å². The number of rotatable bonds is 3. The summed E-state index contributed by atoms with van der Waals surface area (Å²) >= 11 is 0. The Morgan fingerprint density at radius 1 is 0.967 bits per heavy atom. The zero-order chi connectivity index (χ0) is 20.1. The van der Waals surface area contributed by atoms with Crippen molar-refractivity contribution in [1.29, 1.82) is 0 Å². The fourth-order valence-corrected chi connectivity index (χ4v) is 5.78. The van der Waals surface area contributed by atoms with Crippen molar-refractivity contribution in [3.8, 4) is 0 Å². The lowest BCUT2D eigenvalue weighted by Gasteiger charge is -2.35. The van der Waals surface area contributed by atoms with Gasteiger partial charge in [0.25, 0.3) is 17.7 Å². The number of imide groups is 1. The number of fused-ring (bicyclic) bond motifs is 3. The Morgan fingerprint density at radius 3 is 2.27 bits per heavy atom. The van der Waals surface area contributed by atoms with E-state index in [0.717, 1.165) is 38.5 Å². The highest BCUT2D eigenvalue weighted by atomic mass is 35.5. The van der Waals surface area contributed by atoms with E-state index in [4.69, 9.17) is 0 Å². The van der Waals surface area contributed by atoms with Gasteiger partial charge >= 0.3 is 0 Å². The van der Waals surface area contributed by atoms with Gasteiger partial charge in [-0.15, -0.1) is 12.4 Å². The molecular formula is C23H30ClN3O3. The van der Waals surface area contributed by atoms with Crippen LogP contribution in [0.2, 0.25) is 0 Å². The fraction of sp³-hybridized carbons (Fsp3) is 0.609. The molecule has 3 aliphatic heterocycles. The van der Waals surface area contributed by atoms with Gasteiger partial charge in [0.05, 0.1) is 11.1 Å². The van der Waals surface area contributed by atoms with Crippen molar-refractivity contribution in [3.05, 3.63) is 34.9 Å². The summed E-state index contributed by atoms with van der Waals surface area (Å²) in [5.41, 5.74) is 1.34. The van der Waals surface area contributed by atoms with E-state index < -0.39 is 0 Å². The molecule has 0 aromatic heterocycles. The van der Waals surface area contributed by atoms with Crippen molar-refractivity contribution in [1.82, 2.24) is 15.1 Å². The van der Waals surface area contributed by atoms with Crippen molar-refractivity contribution in [2.75, 3.05) is 7.05 Å². The number of carbonyl (C=O) groups is 3. The van der Waals surface area contributed by atoms with E-state index in [1.54, 1.807) is 18.2 Å². The van der Waals surface area contributed by atoms with Crippen molar-refractivity contribution < 1.29 is 14.4 Å². The molecule has 4 aliphatic rings. The van der Waals surface area contributed by atoms with E-state index in [1.165, 1.54) is 24.2 Å². The molecule has 3 amide bonds. The maximum absolute atomic E-state index is 13.1. The van der Waals surface area contributed by atoms with Crippen LogP contribution < -0.4 is 5.32 Å². The van der Waals surface area contributed by atoms with E-state index in [1.807, 2.05) is 11.9 Å². The van der Waals surface area contributed by atoms with Crippen LogP contribution in [0.25, 0.3) is 0 Å². The van der Waals surface area contributed by atoms with Crippen LogP contribution >= 0.6 is 12.4 Å². The highest BCUT2D eigenvalue weighted by Crippen LogP contribution is 2.33. The molecule has 2 atom stereocenters. The second kappa shape index (κ2) is 8.31. The average molecular weight is 432 g/mol. The maximum Gasteiger partial charge on any atom is 0.261 e. The molecule has 1 aliphatic carbocycles. The van der Waals surface area contributed by atoms with Crippen molar-refractivity contribution in [2.24, 2.45) is 0 Å². The molecular weight excluding hydrogens is 402 g/mol. The topological polar surface area (TPSA) is 69.7 Å². The molecule has 2 unspecified atom stereocenters. The zero-order valence-corrected chi connectivity index (χ0v) is 18.2. The van der Waals surface area contributed by atoms with Crippen LogP contribution in [-0.4, -0.2) is 58.7 Å². The lowest BCUT2D eigenvalue weighted by molar-refractivity contribution is 0.0548. The Bertz CT molecular complexity index is 855. The number of benzene rings is 1. The van der Waals surface area contributed by atoms with Crippen molar-refractivity contribution in [2.45, 2.75) is 82.0 Å². The van der Waals surface area contributed by atoms with Crippen LogP contribution in [-0.2, 0) is 0 Å². The second-order valence-corrected chi connectivity index (χ2v) is 9.21. The molecule has 7 heteroatoms. The molecule has 6 nitrogen and oxygen atoms in total. The average Bonchev–Trinajstić information content (AvgIpc) is 3.22. The number of hydrogen-bond donors (Lipinski definition) is 1. The number of hydrogen-bond acceptors (Lipinski definition) is 4. The van der Waals surface area contributed by atoms with Gasteiger partial charge in [-0.3, -0.25) is 19.3 Å². The predicted molar refractivity (Wildman–Crippen MR) is 116 cm³/mol. The van der Waals surface area contributed by atoms with Gasteiger partial charge in [-0.05, 0) is 56.7 Å². The molecule has 2 saturated heterocycles. The molecule has 1 aromatic carbocycles. The molecule has 1 saturated carbocycles. The quantitative estimate of drug-likeness (QED) is 0.745. The molecule has 30 heavy (non-hydrogen) atoms. The Balaban J connectivity index is 0.00000218. The van der Waals surface area contributed by atoms with Crippen LogP contribution in [0, 0.1) is 0 Å². The first kappa shape index (κ1) is 21.3. The smallest absolute Gasteiger partial charge is 0.261 e. The third-order valence-electron chi connectivity index (χ3n) is 7.42. The largest absolute Gasteiger partial charge is 0.339 e. The second-order valence-electron chi connectivity index (χ2n) is 9.21. The lowest BCUT2D eigenvalue weighted by Crippen LogP contribution is -2.48. The monoisotopic (exact) mass is 431 g/mol. The minimum absolute atomic E-state index is 0. The van der Waals surface area contributed by atoms with Crippen LogP contribution in [0.15, 0.2) is 18.2 Å². The van der Waals surface area contributed by atoms with Crippen molar-refractivity contribution >= 4 is 30.1 Å². The molecule has 162 valence electrons. The molecule has 1 N–H and O–H groups in total. The maximum atomic E-state index is 13.1. The minimum Gasteiger partial charge on any atom is -0.339 e. The van der Waals surface area contributed by atoms with Crippen LogP contribution in [0.3, 0.4) is 0 Å². The SMILES string of the molecule is CN(C(=O)c1ccc2c(c1)C(=O)N(C1CCCCC1)C2=O)C1CC2CCC(C1)N2.Cl. The van der Waals surface area contributed by atoms with Gasteiger partial charge < -0.3 is 10.2 Å². The number of halogens is 1. The third-order valence-corrected chi connectivity index (χ3v) is 7.42. The van der Waals surface area contributed by atoms with Crippen molar-refractivity contribution in [3.63, 3.8) is 0 Å². The molecule has 5 rings (SSSR count). The summed E-state index contributed by atoms with van der Waals surface area (Å²) in [6.07, 6.45) is 9.41. The van der Waals surface area contributed by atoms with Crippen LogP contribution in [0.1, 0.15) is 88.9 Å². The summed E-state index contributed by atoms with van der Waals surface area (Å²) in [5.74, 6) is -0.483. The highest BCUT2D eigenvalue weighted by molar-refractivity contribution is 6.22. The molecule has 0 spiro atoms. The van der Waals surface area contributed by atoms with Gasteiger partial charge in [-0.1, -0.05) is 19.3 Å². The Labute approximate surface area is 183 Å². The minimum atomic E-state index is -0.228. The number of piperidine rings is 1. The molecule has 0 radical (unpaired) electrons. The molecule has 1 aromatic rings. The van der Waals surface area contributed by atoms with Gasteiger partial charge in [0.2, 0.25) is 0 Å². The third kappa shape index (κ3) is 3.54. The standard InChI is InChI=1S/C23H29N3O3.ClH/c1-25(18-12-15-8-9-16(13-18)24-15)21(27)14-7-10-19-20(11-14)23(29)26(22(19)28)17-5-3-2-4-6-17;/h7,10-11,15-18,24H,2-6,8-9,12-13H2,1H3;1H. The fourth-order valence-electron chi connectivity index (χ4n) is 5.78. The van der Waals surface area contributed by atoms with E-state index in [0.29, 0.717) is 28.8 Å². The first-order valence-corrected chi connectivity index (χ1v) is 11.1. The Kier molecular flexibility index (Phi) is 5.90. The van der Waals surface area contributed by atoms with E-state index in [2.05, 4.69) is 5.32 Å². The predicted octanol–water partition coefficient (Wildman–Crippen LogP) is 3.39. The normalized spacial score (nSPS) is 28.3. The number of carbonyl (C=O) groups excluding carboxylic acids is 3. The summed E-state index contributed by atoms with van der Waals surface area (Å²) in [6, 6.07) is 6.28. The molecule has 3 heterocycles. The highest BCUT2D eigenvalue weighted by Gasteiger charge is 2.41. The van der Waals surface area contributed by atoms with Gasteiger partial charge in [-0.2, -0.15) is 0 Å². The van der Waals surface area contributed by atoms with Crippen LogP contribution in [0.5, 0.6) is 0 Å². The molecule has 2 bridgehead atoms. The summed E-state index contributed by atoms with van der Waals surface area (Å²) in [5, 5.41) is 3.61. The number of amides is 3. The van der Waals surface area contributed by atoms with Crippen LogP contribution in [0.4, 0.5) is 0 Å².